The third-order valence-electron chi connectivity index (χ3n) is 3.33. The summed E-state index contributed by atoms with van der Waals surface area (Å²) in [5.74, 6) is -0.109. The molecule has 0 N–H and O–H groups in total. The fourth-order valence-electron chi connectivity index (χ4n) is 2.46. The number of carbonyl (C=O) groups is 1. The van der Waals surface area contributed by atoms with Gasteiger partial charge >= 0.3 is 0 Å². The molecule has 0 aliphatic carbocycles. The first-order valence-electron chi connectivity index (χ1n) is 6.16. The normalized spacial score (nSPS) is 10.9. The molecule has 106 valence electrons. The van der Waals surface area contributed by atoms with Crippen LogP contribution in [0.25, 0.3) is 11.4 Å². The van der Waals surface area contributed by atoms with Crippen molar-refractivity contribution in [3.8, 4) is 11.4 Å². The second-order valence-corrected chi connectivity index (χ2v) is 5.68. The van der Waals surface area contributed by atoms with E-state index in [0.29, 0.717) is 16.4 Å². The van der Waals surface area contributed by atoms with E-state index in [-0.39, 0.29) is 5.78 Å². The summed E-state index contributed by atoms with van der Waals surface area (Å²) in [5.41, 5.74) is 3.89. The van der Waals surface area contributed by atoms with Gasteiger partial charge in [-0.05, 0) is 25.0 Å². The quantitative estimate of drug-likeness (QED) is 0.628. The predicted octanol–water partition coefficient (Wildman–Crippen LogP) is 3.63. The number of hydrogen-bond donors (Lipinski definition) is 0. The maximum Gasteiger partial charge on any atom is 0.179 e. The van der Waals surface area contributed by atoms with Crippen LogP contribution in [0.1, 0.15) is 28.5 Å². The number of aryl methyl sites for hydroxylation is 3. The zero-order valence-electron chi connectivity index (χ0n) is 12.1. The van der Waals surface area contributed by atoms with Crippen molar-refractivity contribution in [1.82, 2.24) is 14.3 Å². The minimum absolute atomic E-state index is 0.109. The molecule has 0 amide bonds. The molecule has 2 aromatic rings. The second-order valence-electron chi connectivity index (χ2n) is 4.91. The lowest BCUT2D eigenvalue weighted by atomic mass is 10.1. The molecule has 2 rings (SSSR count). The Morgan fingerprint density at radius 2 is 1.90 bits per heavy atom. The van der Waals surface area contributed by atoms with E-state index in [2.05, 4.69) is 5.10 Å². The Morgan fingerprint density at radius 3 is 2.40 bits per heavy atom. The van der Waals surface area contributed by atoms with E-state index in [0.717, 1.165) is 21.5 Å². The molecule has 0 atom stereocenters. The fourth-order valence-corrected chi connectivity index (χ4v) is 3.00. The molecular weight excluding hydrogens is 294 g/mol. The lowest BCUT2D eigenvalue weighted by molar-refractivity contribution is 0.100. The number of Topliss-reactive ketones (excluding diaryl/α,β-unsaturated/α-hetero) is 1. The number of rotatable bonds is 2. The summed E-state index contributed by atoms with van der Waals surface area (Å²) in [6.07, 6.45) is 0. The van der Waals surface area contributed by atoms with Crippen LogP contribution >= 0.6 is 23.8 Å². The van der Waals surface area contributed by atoms with Gasteiger partial charge < -0.3 is 4.57 Å². The van der Waals surface area contributed by atoms with Crippen molar-refractivity contribution in [1.29, 1.82) is 0 Å². The molecule has 0 unspecified atom stereocenters. The van der Waals surface area contributed by atoms with Crippen molar-refractivity contribution >= 4 is 29.6 Å². The fraction of sp³-hybridized carbons (Fsp3) is 0.357. The number of nitrogens with zero attached hydrogens (tertiary/aromatic N) is 3. The Morgan fingerprint density at radius 1 is 1.30 bits per heavy atom. The largest absolute Gasteiger partial charge is 0.333 e. The maximum absolute atomic E-state index is 11.6. The van der Waals surface area contributed by atoms with Crippen LogP contribution in [-0.2, 0) is 14.1 Å². The molecule has 0 radical (unpaired) electrons. The Bertz CT molecular complexity index is 774. The van der Waals surface area contributed by atoms with Crippen LogP contribution in [-0.4, -0.2) is 20.1 Å². The molecule has 0 aliphatic heterocycles. The van der Waals surface area contributed by atoms with Crippen LogP contribution in [0.4, 0.5) is 0 Å². The van der Waals surface area contributed by atoms with E-state index in [1.807, 2.05) is 31.5 Å². The summed E-state index contributed by atoms with van der Waals surface area (Å²) in [6.45, 7) is 5.43. The average molecular weight is 310 g/mol. The van der Waals surface area contributed by atoms with Gasteiger partial charge in [-0.3, -0.25) is 9.48 Å². The summed E-state index contributed by atoms with van der Waals surface area (Å²) in [4.78, 5) is 11.6. The Kier molecular flexibility index (Phi) is 3.84. The lowest BCUT2D eigenvalue weighted by Crippen LogP contribution is -2.04. The third kappa shape index (κ3) is 2.21. The van der Waals surface area contributed by atoms with Crippen molar-refractivity contribution < 1.29 is 4.79 Å². The molecule has 0 fully saturated rings. The number of hydrogen-bond acceptors (Lipinski definition) is 3. The molecule has 6 heteroatoms. The minimum Gasteiger partial charge on any atom is -0.333 e. The van der Waals surface area contributed by atoms with Crippen LogP contribution in [0.3, 0.4) is 0 Å². The van der Waals surface area contributed by atoms with Crippen molar-refractivity contribution in [3.05, 3.63) is 32.6 Å². The van der Waals surface area contributed by atoms with Crippen LogP contribution in [0.15, 0.2) is 6.07 Å². The van der Waals surface area contributed by atoms with Gasteiger partial charge in [0.15, 0.2) is 5.78 Å². The van der Waals surface area contributed by atoms with Crippen molar-refractivity contribution in [2.45, 2.75) is 20.8 Å². The van der Waals surface area contributed by atoms with Gasteiger partial charge in [-0.1, -0.05) is 29.9 Å². The second kappa shape index (κ2) is 5.14. The van der Waals surface area contributed by atoms with Gasteiger partial charge in [-0.25, -0.2) is 0 Å². The summed E-state index contributed by atoms with van der Waals surface area (Å²) in [5, 5.41) is 4.76. The summed E-state index contributed by atoms with van der Waals surface area (Å²) < 4.78 is 4.14. The zero-order valence-corrected chi connectivity index (χ0v) is 13.7. The standard InChI is InChI=1S/C14H16ClN3OS/c1-7-6-8(2)14(20)17(4)12(7)11-10(15)13(9(3)19)18(5)16-11/h6H,1-5H3. The topological polar surface area (TPSA) is 39.8 Å². The van der Waals surface area contributed by atoms with E-state index in [9.17, 15) is 4.79 Å². The molecule has 0 bridgehead atoms. The predicted molar refractivity (Wildman–Crippen MR) is 82.9 cm³/mol. The van der Waals surface area contributed by atoms with Crippen molar-refractivity contribution in [2.24, 2.45) is 14.1 Å². The molecular formula is C14H16ClN3OS. The number of halogens is 1. The van der Waals surface area contributed by atoms with Gasteiger partial charge in [0.1, 0.15) is 16.0 Å². The molecule has 2 aromatic heterocycles. The first kappa shape index (κ1) is 14.9. The smallest absolute Gasteiger partial charge is 0.179 e. The first-order valence-corrected chi connectivity index (χ1v) is 6.95. The number of aromatic nitrogens is 3. The van der Waals surface area contributed by atoms with E-state index in [1.165, 1.54) is 11.6 Å². The number of ketones is 1. The van der Waals surface area contributed by atoms with E-state index >= 15 is 0 Å². The van der Waals surface area contributed by atoms with E-state index < -0.39 is 0 Å². The Hall–Kier alpha value is -1.46. The van der Waals surface area contributed by atoms with Gasteiger partial charge in [0.25, 0.3) is 0 Å². The molecule has 0 aliphatic rings. The molecule has 0 saturated heterocycles. The summed E-state index contributed by atoms with van der Waals surface area (Å²) in [6, 6.07) is 2.01. The van der Waals surface area contributed by atoms with Crippen LogP contribution in [0, 0.1) is 18.5 Å². The van der Waals surface area contributed by atoms with Crippen LogP contribution in [0.5, 0.6) is 0 Å². The molecule has 2 heterocycles. The lowest BCUT2D eigenvalue weighted by Gasteiger charge is -2.12. The van der Waals surface area contributed by atoms with Crippen LogP contribution in [0.2, 0.25) is 5.02 Å². The Labute approximate surface area is 128 Å². The molecule has 4 nitrogen and oxygen atoms in total. The number of carbonyl (C=O) groups excluding carboxylic acids is 1. The van der Waals surface area contributed by atoms with Crippen molar-refractivity contribution in [2.75, 3.05) is 0 Å². The van der Waals surface area contributed by atoms with Gasteiger partial charge in [0.05, 0.1) is 10.7 Å². The zero-order chi connectivity index (χ0) is 15.2. The van der Waals surface area contributed by atoms with E-state index in [1.54, 1.807) is 7.05 Å². The number of pyridine rings is 1. The Balaban J connectivity index is 2.83. The van der Waals surface area contributed by atoms with Crippen molar-refractivity contribution in [3.63, 3.8) is 0 Å². The monoisotopic (exact) mass is 309 g/mol. The van der Waals surface area contributed by atoms with Crippen LogP contribution < -0.4 is 0 Å². The first-order chi connectivity index (χ1) is 9.25. The van der Waals surface area contributed by atoms with Gasteiger partial charge in [-0.15, -0.1) is 0 Å². The van der Waals surface area contributed by atoms with E-state index in [4.69, 9.17) is 23.8 Å². The highest BCUT2D eigenvalue weighted by Crippen LogP contribution is 2.32. The summed E-state index contributed by atoms with van der Waals surface area (Å²) >= 11 is 11.7. The SMILES string of the molecule is CC(=O)c1c(Cl)c(-c2c(C)cc(C)c(=S)n2C)nn1C. The molecule has 20 heavy (non-hydrogen) atoms. The highest BCUT2D eigenvalue weighted by molar-refractivity contribution is 7.71. The molecule has 0 spiro atoms. The average Bonchev–Trinajstić information content (AvgIpc) is 2.62. The third-order valence-corrected chi connectivity index (χ3v) is 4.28. The highest BCUT2D eigenvalue weighted by Gasteiger charge is 2.21. The van der Waals surface area contributed by atoms with Gasteiger partial charge in [0, 0.05) is 21.0 Å². The summed E-state index contributed by atoms with van der Waals surface area (Å²) in [7, 11) is 3.60. The highest BCUT2D eigenvalue weighted by atomic mass is 35.5. The maximum atomic E-state index is 11.6. The minimum atomic E-state index is -0.109. The molecule has 0 saturated carbocycles. The molecule has 0 aromatic carbocycles. The van der Waals surface area contributed by atoms with Gasteiger partial charge in [-0.2, -0.15) is 5.10 Å². The van der Waals surface area contributed by atoms with Gasteiger partial charge in [0.2, 0.25) is 0 Å².